The second kappa shape index (κ2) is 6.07. The molecule has 1 aliphatic carbocycles. The molecular formula is C15H16BrFN4. The van der Waals surface area contributed by atoms with E-state index in [9.17, 15) is 4.39 Å². The molecule has 0 amide bonds. The Morgan fingerprint density at radius 2 is 1.95 bits per heavy atom. The number of halogens is 2. The Balaban J connectivity index is 2.15. The quantitative estimate of drug-likeness (QED) is 0.493. The summed E-state index contributed by atoms with van der Waals surface area (Å²) in [5, 5.41) is 0. The van der Waals surface area contributed by atoms with Gasteiger partial charge in [-0.1, -0.05) is 22.4 Å². The van der Waals surface area contributed by atoms with Gasteiger partial charge in [-0.05, 0) is 43.9 Å². The van der Waals surface area contributed by atoms with E-state index in [0.717, 1.165) is 41.4 Å². The summed E-state index contributed by atoms with van der Waals surface area (Å²) in [6.45, 7) is 0. The Kier molecular flexibility index (Phi) is 4.17. The van der Waals surface area contributed by atoms with Crippen molar-refractivity contribution >= 4 is 21.7 Å². The third-order valence-corrected chi connectivity index (χ3v) is 4.43. The minimum absolute atomic E-state index is 0.311. The summed E-state index contributed by atoms with van der Waals surface area (Å²) < 4.78 is 14.3. The van der Waals surface area contributed by atoms with Crippen molar-refractivity contribution in [1.29, 1.82) is 0 Å². The first-order valence-electron chi connectivity index (χ1n) is 7.01. The molecule has 0 unspecified atom stereocenters. The van der Waals surface area contributed by atoms with E-state index in [-0.39, 0.29) is 5.82 Å². The molecule has 21 heavy (non-hydrogen) atoms. The van der Waals surface area contributed by atoms with Gasteiger partial charge in [-0.3, -0.25) is 0 Å². The monoisotopic (exact) mass is 350 g/mol. The predicted molar refractivity (Wildman–Crippen MR) is 84.2 cm³/mol. The summed E-state index contributed by atoms with van der Waals surface area (Å²) >= 11 is 3.43. The van der Waals surface area contributed by atoms with E-state index in [0.29, 0.717) is 17.2 Å². The largest absolute Gasteiger partial charge is 0.308 e. The van der Waals surface area contributed by atoms with Crippen LogP contribution in [0.25, 0.3) is 11.4 Å². The van der Waals surface area contributed by atoms with E-state index in [2.05, 4.69) is 31.3 Å². The maximum atomic E-state index is 13.5. The molecule has 4 nitrogen and oxygen atoms in total. The lowest BCUT2D eigenvalue weighted by atomic mass is 10.1. The minimum Gasteiger partial charge on any atom is -0.308 e. The van der Waals surface area contributed by atoms with Crippen molar-refractivity contribution in [3.63, 3.8) is 0 Å². The number of hydrogen-bond acceptors (Lipinski definition) is 4. The van der Waals surface area contributed by atoms with Crippen LogP contribution in [0.4, 0.5) is 10.2 Å². The number of anilines is 1. The Hall–Kier alpha value is -1.53. The molecule has 0 saturated carbocycles. The molecule has 110 valence electrons. The van der Waals surface area contributed by atoms with Gasteiger partial charge in [-0.25, -0.2) is 20.2 Å². The molecule has 0 spiro atoms. The normalized spacial score (nSPS) is 14.4. The van der Waals surface area contributed by atoms with Crippen molar-refractivity contribution in [2.75, 3.05) is 5.43 Å². The fourth-order valence-corrected chi connectivity index (χ4v) is 3.10. The van der Waals surface area contributed by atoms with Crippen LogP contribution in [-0.4, -0.2) is 9.97 Å². The lowest BCUT2D eigenvalue weighted by Gasteiger charge is -2.13. The number of nitrogens with one attached hydrogen (secondary N) is 1. The maximum absolute atomic E-state index is 13.5. The van der Waals surface area contributed by atoms with Gasteiger partial charge in [0.25, 0.3) is 0 Å². The van der Waals surface area contributed by atoms with Crippen molar-refractivity contribution in [2.45, 2.75) is 32.1 Å². The first kappa shape index (κ1) is 14.4. The second-order valence-electron chi connectivity index (χ2n) is 5.15. The van der Waals surface area contributed by atoms with Crippen LogP contribution in [0, 0.1) is 5.82 Å². The highest BCUT2D eigenvalue weighted by Gasteiger charge is 2.18. The predicted octanol–water partition coefficient (Wildman–Crippen LogP) is 3.60. The average molecular weight is 351 g/mol. The van der Waals surface area contributed by atoms with E-state index in [1.54, 1.807) is 6.07 Å². The average Bonchev–Trinajstić information content (AvgIpc) is 2.74. The van der Waals surface area contributed by atoms with Gasteiger partial charge in [0.05, 0.1) is 0 Å². The fourth-order valence-electron chi connectivity index (χ4n) is 2.68. The highest BCUT2D eigenvalue weighted by molar-refractivity contribution is 9.10. The van der Waals surface area contributed by atoms with Crippen LogP contribution in [0.15, 0.2) is 22.7 Å². The molecule has 0 saturated heterocycles. The molecule has 1 heterocycles. The zero-order chi connectivity index (χ0) is 14.8. The van der Waals surface area contributed by atoms with Crippen molar-refractivity contribution in [3.05, 3.63) is 39.7 Å². The van der Waals surface area contributed by atoms with Gasteiger partial charge in [0.1, 0.15) is 11.6 Å². The molecule has 6 heteroatoms. The zero-order valence-corrected chi connectivity index (χ0v) is 13.1. The van der Waals surface area contributed by atoms with E-state index < -0.39 is 0 Å². The van der Waals surface area contributed by atoms with Crippen LogP contribution in [-0.2, 0) is 12.8 Å². The topological polar surface area (TPSA) is 63.8 Å². The van der Waals surface area contributed by atoms with Gasteiger partial charge in [-0.15, -0.1) is 0 Å². The second-order valence-corrected chi connectivity index (χ2v) is 6.00. The molecule has 1 aliphatic rings. The molecule has 0 atom stereocenters. The lowest BCUT2D eigenvalue weighted by molar-refractivity contribution is 0.628. The van der Waals surface area contributed by atoms with E-state index in [1.807, 2.05) is 0 Å². The summed E-state index contributed by atoms with van der Waals surface area (Å²) in [5.74, 6) is 6.44. The van der Waals surface area contributed by atoms with Crippen molar-refractivity contribution in [3.8, 4) is 11.4 Å². The van der Waals surface area contributed by atoms with Crippen LogP contribution < -0.4 is 11.3 Å². The smallest absolute Gasteiger partial charge is 0.163 e. The number of nitrogens with zero attached hydrogens (tertiary/aromatic N) is 2. The number of benzene rings is 1. The zero-order valence-electron chi connectivity index (χ0n) is 11.5. The lowest BCUT2D eigenvalue weighted by Crippen LogP contribution is -2.14. The number of rotatable bonds is 2. The maximum Gasteiger partial charge on any atom is 0.163 e. The van der Waals surface area contributed by atoms with E-state index in [4.69, 9.17) is 5.84 Å². The molecule has 1 aromatic carbocycles. The number of nitrogen functional groups attached to an aromatic ring is 1. The molecule has 3 N–H and O–H groups in total. The number of hydrogen-bond donors (Lipinski definition) is 2. The van der Waals surface area contributed by atoms with Crippen LogP contribution in [0.5, 0.6) is 0 Å². The Morgan fingerprint density at radius 3 is 2.76 bits per heavy atom. The summed E-state index contributed by atoms with van der Waals surface area (Å²) in [7, 11) is 0. The van der Waals surface area contributed by atoms with E-state index >= 15 is 0 Å². The van der Waals surface area contributed by atoms with Crippen LogP contribution in [0.3, 0.4) is 0 Å². The molecule has 0 radical (unpaired) electrons. The van der Waals surface area contributed by atoms with Crippen molar-refractivity contribution in [2.24, 2.45) is 5.84 Å². The Bertz CT molecular complexity index is 675. The molecule has 0 fully saturated rings. The molecule has 3 rings (SSSR count). The molecule has 0 bridgehead atoms. The van der Waals surface area contributed by atoms with E-state index in [1.165, 1.54) is 18.6 Å². The van der Waals surface area contributed by atoms with Gasteiger partial charge < -0.3 is 5.43 Å². The van der Waals surface area contributed by atoms with Gasteiger partial charge in [0.2, 0.25) is 0 Å². The van der Waals surface area contributed by atoms with Crippen LogP contribution in [0.2, 0.25) is 0 Å². The van der Waals surface area contributed by atoms with Gasteiger partial charge in [0, 0.05) is 21.3 Å². The number of hydrazine groups is 1. The Morgan fingerprint density at radius 1 is 1.14 bits per heavy atom. The fraction of sp³-hybridized carbons (Fsp3) is 0.333. The third-order valence-electron chi connectivity index (χ3n) is 3.74. The van der Waals surface area contributed by atoms with Crippen molar-refractivity contribution < 1.29 is 4.39 Å². The highest BCUT2D eigenvalue weighted by atomic mass is 79.9. The Labute approximate surface area is 131 Å². The molecular weight excluding hydrogens is 335 g/mol. The van der Waals surface area contributed by atoms with Gasteiger partial charge in [0.15, 0.2) is 5.82 Å². The van der Waals surface area contributed by atoms with Crippen molar-refractivity contribution in [1.82, 2.24) is 9.97 Å². The molecule has 0 aliphatic heterocycles. The molecule has 1 aromatic heterocycles. The first-order chi connectivity index (χ1) is 10.2. The number of aryl methyl sites for hydroxylation is 1. The number of fused-ring (bicyclic) bond motifs is 1. The number of nitrogens with two attached hydrogens (primary N) is 1. The highest BCUT2D eigenvalue weighted by Crippen LogP contribution is 2.31. The standard InChI is InChI=1S/C15H16BrFN4/c16-12-7-6-9(17)8-11(12)14-19-13-5-3-1-2-4-10(13)15(20-14)21-18/h6-8H,1-5,18H2,(H,19,20,21). The van der Waals surface area contributed by atoms with Crippen LogP contribution in [0.1, 0.15) is 30.5 Å². The van der Waals surface area contributed by atoms with Crippen LogP contribution >= 0.6 is 15.9 Å². The summed E-state index contributed by atoms with van der Waals surface area (Å²) in [6.07, 6.45) is 5.25. The van der Waals surface area contributed by atoms with Gasteiger partial charge in [-0.2, -0.15) is 0 Å². The minimum atomic E-state index is -0.311. The summed E-state index contributed by atoms with van der Waals surface area (Å²) in [4.78, 5) is 9.13. The summed E-state index contributed by atoms with van der Waals surface area (Å²) in [6, 6.07) is 4.50. The summed E-state index contributed by atoms with van der Waals surface area (Å²) in [5.41, 5.74) is 5.41. The SMILES string of the molecule is NNc1nc(-c2cc(F)ccc2Br)nc2c1CCCCC2. The number of aromatic nitrogens is 2. The van der Waals surface area contributed by atoms with Gasteiger partial charge >= 0.3 is 0 Å². The third kappa shape index (κ3) is 2.91. The first-order valence-corrected chi connectivity index (χ1v) is 7.80. The molecule has 2 aromatic rings.